The van der Waals surface area contributed by atoms with Gasteiger partial charge in [0.05, 0.1) is 18.7 Å². The summed E-state index contributed by atoms with van der Waals surface area (Å²) in [7, 11) is 1.72. The van der Waals surface area contributed by atoms with Crippen LogP contribution in [0.25, 0.3) is 0 Å². The first kappa shape index (κ1) is 13.3. The van der Waals surface area contributed by atoms with E-state index in [-0.39, 0.29) is 5.54 Å². The van der Waals surface area contributed by atoms with E-state index in [1.54, 1.807) is 7.11 Å². The van der Waals surface area contributed by atoms with Crippen molar-refractivity contribution in [3.63, 3.8) is 0 Å². The van der Waals surface area contributed by atoms with Crippen molar-refractivity contribution in [3.05, 3.63) is 0 Å². The van der Waals surface area contributed by atoms with Crippen LogP contribution in [-0.2, 0) is 4.74 Å². The molecule has 0 saturated heterocycles. The van der Waals surface area contributed by atoms with Crippen LogP contribution < -0.4 is 5.73 Å². The summed E-state index contributed by atoms with van der Waals surface area (Å²) >= 11 is 0. The fraction of sp³-hybridized carbons (Fsp3) is 0.917. The van der Waals surface area contributed by atoms with Gasteiger partial charge in [0.2, 0.25) is 0 Å². The minimum atomic E-state index is 0.109. The average Bonchev–Trinajstić information content (AvgIpc) is 2.54. The van der Waals surface area contributed by atoms with Gasteiger partial charge in [-0.15, -0.1) is 0 Å². The number of hydrogen-bond acceptors (Lipinski definition) is 4. The highest BCUT2D eigenvalue weighted by Crippen LogP contribution is 2.27. The Balaban J connectivity index is 2.50. The number of hydrogen-bond donors (Lipinski definition) is 1. The lowest BCUT2D eigenvalue weighted by Crippen LogP contribution is -2.50. The lowest BCUT2D eigenvalue weighted by molar-refractivity contribution is 0.131. The summed E-state index contributed by atoms with van der Waals surface area (Å²) in [6, 6.07) is 0. The van der Waals surface area contributed by atoms with Gasteiger partial charge in [-0.05, 0) is 13.3 Å². The molecule has 0 spiro atoms. The fourth-order valence-electron chi connectivity index (χ4n) is 2.24. The molecule has 0 aromatic rings. The molecule has 16 heavy (non-hydrogen) atoms. The predicted octanol–water partition coefficient (Wildman–Crippen LogP) is 1.60. The third-order valence-corrected chi connectivity index (χ3v) is 3.35. The van der Waals surface area contributed by atoms with Crippen LogP contribution in [0.4, 0.5) is 0 Å². The Hall–Kier alpha value is -0.770. The first-order valence-electron chi connectivity index (χ1n) is 6.20. The lowest BCUT2D eigenvalue weighted by atomic mass is 9.93. The SMILES string of the molecule is CCCCCC1(C)CN=C(N)N1CCOC. The lowest BCUT2D eigenvalue weighted by Gasteiger charge is -2.36. The molecule has 0 amide bonds. The maximum Gasteiger partial charge on any atom is 0.191 e. The second-order valence-electron chi connectivity index (χ2n) is 4.77. The zero-order chi connectivity index (χ0) is 12.0. The molecule has 2 N–H and O–H groups in total. The second kappa shape index (κ2) is 6.09. The Morgan fingerprint density at radius 1 is 1.50 bits per heavy atom. The second-order valence-corrected chi connectivity index (χ2v) is 4.77. The Kier molecular flexibility index (Phi) is 5.06. The molecule has 0 radical (unpaired) electrons. The molecule has 94 valence electrons. The number of unbranched alkanes of at least 4 members (excludes halogenated alkanes) is 2. The van der Waals surface area contributed by atoms with Gasteiger partial charge in [-0.25, -0.2) is 0 Å². The highest BCUT2D eigenvalue weighted by molar-refractivity contribution is 5.80. The number of nitrogens with two attached hydrogens (primary N) is 1. The van der Waals surface area contributed by atoms with Crippen LogP contribution in [0.5, 0.6) is 0 Å². The zero-order valence-electron chi connectivity index (χ0n) is 10.8. The summed E-state index contributed by atoms with van der Waals surface area (Å²) in [5.74, 6) is 0.677. The molecule has 1 heterocycles. The van der Waals surface area contributed by atoms with Gasteiger partial charge in [0.1, 0.15) is 0 Å². The first-order valence-corrected chi connectivity index (χ1v) is 6.20. The van der Waals surface area contributed by atoms with Gasteiger partial charge in [-0.2, -0.15) is 0 Å². The van der Waals surface area contributed by atoms with Gasteiger partial charge >= 0.3 is 0 Å². The van der Waals surface area contributed by atoms with E-state index in [2.05, 4.69) is 23.7 Å². The van der Waals surface area contributed by atoms with Crippen LogP contribution in [0.15, 0.2) is 4.99 Å². The zero-order valence-corrected chi connectivity index (χ0v) is 10.8. The number of rotatable bonds is 7. The van der Waals surface area contributed by atoms with Gasteiger partial charge in [-0.1, -0.05) is 26.2 Å². The molecule has 1 aliphatic heterocycles. The Morgan fingerprint density at radius 3 is 2.88 bits per heavy atom. The van der Waals surface area contributed by atoms with Gasteiger partial charge in [-0.3, -0.25) is 4.99 Å². The van der Waals surface area contributed by atoms with Crippen molar-refractivity contribution < 1.29 is 4.74 Å². The van der Waals surface area contributed by atoms with E-state index in [9.17, 15) is 0 Å². The smallest absolute Gasteiger partial charge is 0.191 e. The molecule has 0 aliphatic carbocycles. The van der Waals surface area contributed by atoms with Crippen LogP contribution in [0, 0.1) is 0 Å². The van der Waals surface area contributed by atoms with Crippen LogP contribution >= 0.6 is 0 Å². The molecule has 1 rings (SSSR count). The number of ether oxygens (including phenoxy) is 1. The normalized spacial score (nSPS) is 24.9. The molecule has 1 atom stereocenters. The molecule has 4 nitrogen and oxygen atoms in total. The number of aliphatic imine (C=N–C) groups is 1. The average molecular weight is 227 g/mol. The van der Waals surface area contributed by atoms with Gasteiger partial charge in [0.25, 0.3) is 0 Å². The summed E-state index contributed by atoms with van der Waals surface area (Å²) in [4.78, 5) is 6.57. The Morgan fingerprint density at radius 2 is 2.25 bits per heavy atom. The van der Waals surface area contributed by atoms with Crippen molar-refractivity contribution in [1.29, 1.82) is 0 Å². The minimum Gasteiger partial charge on any atom is -0.383 e. The van der Waals surface area contributed by atoms with E-state index in [0.29, 0.717) is 12.6 Å². The fourth-order valence-corrected chi connectivity index (χ4v) is 2.24. The molecule has 0 fully saturated rings. The largest absolute Gasteiger partial charge is 0.383 e. The summed E-state index contributed by atoms with van der Waals surface area (Å²) in [6.45, 7) is 6.85. The van der Waals surface area contributed by atoms with Crippen LogP contribution in [0.3, 0.4) is 0 Å². The molecule has 4 heteroatoms. The summed E-state index contributed by atoms with van der Waals surface area (Å²) in [5, 5.41) is 0. The van der Waals surface area contributed by atoms with Crippen molar-refractivity contribution in [2.24, 2.45) is 10.7 Å². The van der Waals surface area contributed by atoms with Crippen molar-refractivity contribution in [1.82, 2.24) is 4.90 Å². The van der Waals surface area contributed by atoms with Crippen LogP contribution in [0.2, 0.25) is 0 Å². The highest BCUT2D eigenvalue weighted by Gasteiger charge is 2.36. The van der Waals surface area contributed by atoms with E-state index in [4.69, 9.17) is 10.5 Å². The van der Waals surface area contributed by atoms with Crippen molar-refractivity contribution >= 4 is 5.96 Å². The molecule has 1 unspecified atom stereocenters. The predicted molar refractivity (Wildman–Crippen MR) is 67.6 cm³/mol. The molecule has 0 saturated carbocycles. The van der Waals surface area contributed by atoms with Gasteiger partial charge in [0.15, 0.2) is 5.96 Å². The summed E-state index contributed by atoms with van der Waals surface area (Å²) in [5.41, 5.74) is 6.03. The number of guanidine groups is 1. The molecule has 1 aliphatic rings. The first-order chi connectivity index (χ1) is 7.64. The van der Waals surface area contributed by atoms with Crippen molar-refractivity contribution in [2.75, 3.05) is 26.8 Å². The standard InChI is InChI=1S/C12H25N3O/c1-4-5-6-7-12(2)10-14-11(13)15(12)8-9-16-3/h4-10H2,1-3H3,(H2,13,14). The quantitative estimate of drug-likeness (QED) is 0.672. The third kappa shape index (κ3) is 3.11. The third-order valence-electron chi connectivity index (χ3n) is 3.35. The van der Waals surface area contributed by atoms with Gasteiger partial charge in [0, 0.05) is 13.7 Å². The Bertz CT molecular complexity index is 242. The summed E-state index contributed by atoms with van der Waals surface area (Å²) in [6.07, 6.45) is 4.95. The molecular formula is C12H25N3O. The van der Waals surface area contributed by atoms with E-state index in [1.807, 2.05) is 0 Å². The highest BCUT2D eigenvalue weighted by atomic mass is 16.5. The maximum absolute atomic E-state index is 5.92. The molecule has 0 aromatic heterocycles. The Labute approximate surface area is 98.9 Å². The topological polar surface area (TPSA) is 50.8 Å². The number of methoxy groups -OCH3 is 1. The molecular weight excluding hydrogens is 202 g/mol. The van der Waals surface area contributed by atoms with E-state index in [0.717, 1.165) is 19.5 Å². The van der Waals surface area contributed by atoms with Crippen LogP contribution in [0.1, 0.15) is 39.5 Å². The van der Waals surface area contributed by atoms with Crippen molar-refractivity contribution in [3.8, 4) is 0 Å². The maximum atomic E-state index is 5.92. The van der Waals surface area contributed by atoms with Crippen LogP contribution in [-0.4, -0.2) is 43.2 Å². The number of nitrogens with zero attached hydrogens (tertiary/aromatic N) is 2. The van der Waals surface area contributed by atoms with E-state index in [1.165, 1.54) is 19.3 Å². The van der Waals surface area contributed by atoms with E-state index >= 15 is 0 Å². The minimum absolute atomic E-state index is 0.109. The summed E-state index contributed by atoms with van der Waals surface area (Å²) < 4.78 is 5.12. The van der Waals surface area contributed by atoms with Gasteiger partial charge < -0.3 is 15.4 Å². The molecule has 0 bridgehead atoms. The van der Waals surface area contributed by atoms with E-state index < -0.39 is 0 Å². The van der Waals surface area contributed by atoms with Crippen molar-refractivity contribution in [2.45, 2.75) is 45.1 Å². The monoisotopic (exact) mass is 227 g/mol. The molecule has 0 aromatic carbocycles.